The first-order valence-electron chi connectivity index (χ1n) is 9.65. The summed E-state index contributed by atoms with van der Waals surface area (Å²) in [5, 5.41) is 0. The molecule has 156 valence electrons. The normalized spacial score (nSPS) is 26.0. The number of benzene rings is 1. The van der Waals surface area contributed by atoms with Crippen molar-refractivity contribution in [1.82, 2.24) is 4.31 Å². The Morgan fingerprint density at radius 3 is 2.21 bits per heavy atom. The predicted octanol–water partition coefficient (Wildman–Crippen LogP) is 3.24. The summed E-state index contributed by atoms with van der Waals surface area (Å²) in [5.74, 6) is -2.30. The second-order valence-electron chi connectivity index (χ2n) is 7.80. The van der Waals surface area contributed by atoms with Gasteiger partial charge in [-0.3, -0.25) is 0 Å². The van der Waals surface area contributed by atoms with Gasteiger partial charge in [0.15, 0.2) is 5.79 Å². The van der Waals surface area contributed by atoms with Crippen LogP contribution in [0.3, 0.4) is 0 Å². The molecule has 28 heavy (non-hydrogen) atoms. The number of alkyl halides is 1. The van der Waals surface area contributed by atoms with Crippen LogP contribution >= 0.6 is 0 Å². The molecule has 0 aromatic heterocycles. The number of nitrogens with zero attached hydrogens (tertiary/aromatic N) is 1. The standard InChI is InChI=1S/C19H24F3NO4S/c20-14-3-9-23(10-4-14)28(24,25)18(16-13-15(21)1-2-17(16)22)5-7-19(8-6-18)26-11-12-27-19/h1-2,13-14H,3-12H2. The van der Waals surface area contributed by atoms with Crippen LogP contribution in [0.2, 0.25) is 0 Å². The van der Waals surface area contributed by atoms with E-state index in [-0.39, 0.29) is 57.2 Å². The summed E-state index contributed by atoms with van der Waals surface area (Å²) in [4.78, 5) is 0. The Labute approximate surface area is 162 Å². The molecule has 1 spiro atoms. The minimum Gasteiger partial charge on any atom is -0.348 e. The Morgan fingerprint density at radius 1 is 1.00 bits per heavy atom. The lowest BCUT2D eigenvalue weighted by Gasteiger charge is -2.46. The van der Waals surface area contributed by atoms with E-state index in [1.807, 2.05) is 0 Å². The molecular weight excluding hydrogens is 395 g/mol. The Kier molecular flexibility index (Phi) is 5.22. The number of sulfonamides is 1. The van der Waals surface area contributed by atoms with Gasteiger partial charge < -0.3 is 9.47 Å². The second-order valence-corrected chi connectivity index (χ2v) is 10.1. The molecule has 2 aliphatic heterocycles. The molecule has 3 aliphatic rings. The van der Waals surface area contributed by atoms with Gasteiger partial charge in [-0.1, -0.05) is 0 Å². The van der Waals surface area contributed by atoms with E-state index in [1.54, 1.807) is 0 Å². The molecule has 4 rings (SSSR count). The van der Waals surface area contributed by atoms with Gasteiger partial charge in [-0.15, -0.1) is 0 Å². The number of halogens is 3. The van der Waals surface area contributed by atoms with Gasteiger partial charge in [0.2, 0.25) is 10.0 Å². The van der Waals surface area contributed by atoms with Crippen LogP contribution in [0.5, 0.6) is 0 Å². The first-order valence-corrected chi connectivity index (χ1v) is 11.1. The van der Waals surface area contributed by atoms with E-state index in [9.17, 15) is 21.6 Å². The van der Waals surface area contributed by atoms with Crippen molar-refractivity contribution < 1.29 is 31.1 Å². The number of ether oxygens (including phenoxy) is 2. The Hall–Kier alpha value is -1.16. The van der Waals surface area contributed by atoms with Crippen LogP contribution in [0.25, 0.3) is 0 Å². The van der Waals surface area contributed by atoms with Gasteiger partial charge in [-0.2, -0.15) is 0 Å². The van der Waals surface area contributed by atoms with Crippen LogP contribution in [0.15, 0.2) is 18.2 Å². The smallest absolute Gasteiger partial charge is 0.224 e. The molecule has 2 heterocycles. The van der Waals surface area contributed by atoms with Crippen LogP contribution in [0.1, 0.15) is 44.1 Å². The summed E-state index contributed by atoms with van der Waals surface area (Å²) in [6.07, 6.45) is -0.197. The summed E-state index contributed by atoms with van der Waals surface area (Å²) in [6.45, 7) is 0.941. The third kappa shape index (κ3) is 3.26. The topological polar surface area (TPSA) is 55.8 Å². The highest BCUT2D eigenvalue weighted by molar-refractivity contribution is 7.90. The molecule has 0 unspecified atom stereocenters. The van der Waals surface area contributed by atoms with Crippen molar-refractivity contribution in [2.75, 3.05) is 26.3 Å². The minimum absolute atomic E-state index is 0.0420. The fourth-order valence-corrected chi connectivity index (χ4v) is 6.99. The van der Waals surface area contributed by atoms with Crippen LogP contribution in [0.4, 0.5) is 13.2 Å². The van der Waals surface area contributed by atoms with Gasteiger partial charge in [-0.25, -0.2) is 25.9 Å². The van der Waals surface area contributed by atoms with Crippen LogP contribution < -0.4 is 0 Å². The van der Waals surface area contributed by atoms with Gasteiger partial charge in [0.1, 0.15) is 22.6 Å². The van der Waals surface area contributed by atoms with E-state index in [4.69, 9.17) is 9.47 Å². The highest BCUT2D eigenvalue weighted by atomic mass is 32.2. The minimum atomic E-state index is -4.06. The molecule has 1 aliphatic carbocycles. The fraction of sp³-hybridized carbons (Fsp3) is 0.684. The SMILES string of the molecule is O=S(=O)(N1CCC(F)CC1)C1(c2cc(F)ccc2F)CCC2(CC1)OCCO2. The largest absolute Gasteiger partial charge is 0.348 e. The van der Waals surface area contributed by atoms with Crippen molar-refractivity contribution in [3.8, 4) is 0 Å². The fourth-order valence-electron chi connectivity index (χ4n) is 4.65. The summed E-state index contributed by atoms with van der Waals surface area (Å²) in [7, 11) is -4.06. The van der Waals surface area contributed by atoms with Crippen molar-refractivity contribution in [3.05, 3.63) is 35.4 Å². The van der Waals surface area contributed by atoms with E-state index >= 15 is 0 Å². The average Bonchev–Trinajstić information content (AvgIpc) is 3.13. The Bertz CT molecular complexity index is 824. The summed E-state index contributed by atoms with van der Waals surface area (Å²) < 4.78 is 80.6. The molecule has 0 atom stereocenters. The van der Waals surface area contributed by atoms with E-state index in [2.05, 4.69) is 0 Å². The summed E-state index contributed by atoms with van der Waals surface area (Å²) >= 11 is 0. The Morgan fingerprint density at radius 2 is 1.61 bits per heavy atom. The zero-order chi connectivity index (χ0) is 20.0. The maximum atomic E-state index is 14.8. The molecule has 1 saturated carbocycles. The molecule has 2 saturated heterocycles. The molecule has 0 radical (unpaired) electrons. The first kappa shape index (κ1) is 20.1. The van der Waals surface area contributed by atoms with Crippen LogP contribution in [-0.2, 0) is 24.2 Å². The average molecular weight is 419 g/mol. The van der Waals surface area contributed by atoms with Crippen molar-refractivity contribution in [2.45, 2.75) is 55.2 Å². The monoisotopic (exact) mass is 419 g/mol. The lowest BCUT2D eigenvalue weighted by Crippen LogP contribution is -2.53. The number of rotatable bonds is 3. The lowest BCUT2D eigenvalue weighted by molar-refractivity contribution is -0.181. The Balaban J connectivity index is 1.75. The van der Waals surface area contributed by atoms with Gasteiger partial charge >= 0.3 is 0 Å². The number of hydrogen-bond acceptors (Lipinski definition) is 4. The zero-order valence-electron chi connectivity index (χ0n) is 15.5. The van der Waals surface area contributed by atoms with Gasteiger partial charge in [0.05, 0.1) is 13.2 Å². The quantitative estimate of drug-likeness (QED) is 0.755. The van der Waals surface area contributed by atoms with Gasteiger partial charge in [0, 0.05) is 31.5 Å². The maximum absolute atomic E-state index is 14.8. The van der Waals surface area contributed by atoms with E-state index in [0.29, 0.717) is 13.2 Å². The molecule has 9 heteroatoms. The van der Waals surface area contributed by atoms with Crippen molar-refractivity contribution in [1.29, 1.82) is 0 Å². The van der Waals surface area contributed by atoms with E-state index < -0.39 is 38.4 Å². The second kappa shape index (κ2) is 7.27. The summed E-state index contributed by atoms with van der Waals surface area (Å²) in [6, 6.07) is 2.91. The summed E-state index contributed by atoms with van der Waals surface area (Å²) in [5.41, 5.74) is -0.164. The maximum Gasteiger partial charge on any atom is 0.224 e. The van der Waals surface area contributed by atoms with Crippen molar-refractivity contribution >= 4 is 10.0 Å². The number of piperidine rings is 1. The molecule has 1 aromatic rings. The van der Waals surface area contributed by atoms with E-state index in [0.717, 1.165) is 18.2 Å². The van der Waals surface area contributed by atoms with Gasteiger partial charge in [-0.05, 0) is 43.9 Å². The highest BCUT2D eigenvalue weighted by Crippen LogP contribution is 2.51. The third-order valence-electron chi connectivity index (χ3n) is 6.27. The highest BCUT2D eigenvalue weighted by Gasteiger charge is 2.56. The molecule has 0 amide bonds. The molecule has 0 N–H and O–H groups in total. The van der Waals surface area contributed by atoms with Crippen molar-refractivity contribution in [3.63, 3.8) is 0 Å². The third-order valence-corrected chi connectivity index (χ3v) is 8.93. The molecule has 5 nitrogen and oxygen atoms in total. The first-order chi connectivity index (χ1) is 13.3. The lowest BCUT2D eigenvalue weighted by atomic mass is 9.79. The molecule has 1 aromatic carbocycles. The van der Waals surface area contributed by atoms with Gasteiger partial charge in [0.25, 0.3) is 0 Å². The number of hydrogen-bond donors (Lipinski definition) is 0. The molecule has 3 fully saturated rings. The van der Waals surface area contributed by atoms with Crippen LogP contribution in [0, 0.1) is 11.6 Å². The van der Waals surface area contributed by atoms with Crippen molar-refractivity contribution in [2.24, 2.45) is 0 Å². The van der Waals surface area contributed by atoms with Crippen LogP contribution in [-0.4, -0.2) is 51.0 Å². The zero-order valence-corrected chi connectivity index (χ0v) is 16.3. The predicted molar refractivity (Wildman–Crippen MR) is 95.8 cm³/mol. The molecule has 0 bridgehead atoms. The van der Waals surface area contributed by atoms with E-state index in [1.165, 1.54) is 4.31 Å². The molecular formula is C19H24F3NO4S.